The monoisotopic (exact) mass is 241 g/mol. The molecule has 66 valence electrons. The van der Waals surface area contributed by atoms with Crippen LogP contribution >= 0.6 is 15.9 Å². The normalized spacial score (nSPS) is 28.7. The molecule has 1 unspecified atom stereocenters. The zero-order chi connectivity index (χ0) is 8.48. The third-order valence-corrected chi connectivity index (χ3v) is 3.81. The highest BCUT2D eigenvalue weighted by atomic mass is 79.9. The van der Waals surface area contributed by atoms with Gasteiger partial charge in [0, 0.05) is 17.9 Å². The van der Waals surface area contributed by atoms with Crippen molar-refractivity contribution in [3.05, 3.63) is 0 Å². The van der Waals surface area contributed by atoms with E-state index in [1.54, 1.807) is 0 Å². The van der Waals surface area contributed by atoms with E-state index in [1.165, 1.54) is 10.6 Å². The number of halogens is 1. The van der Waals surface area contributed by atoms with Crippen molar-refractivity contribution in [2.75, 3.05) is 19.3 Å². The molecule has 1 saturated heterocycles. The molecule has 0 amide bonds. The molecule has 0 bridgehead atoms. The van der Waals surface area contributed by atoms with Gasteiger partial charge in [0.1, 0.15) is 0 Å². The minimum atomic E-state index is -2.96. The summed E-state index contributed by atoms with van der Waals surface area (Å²) < 4.78 is 23.6. The molecule has 1 heterocycles. The molecule has 0 aromatic carbocycles. The van der Waals surface area contributed by atoms with Crippen molar-refractivity contribution < 1.29 is 8.42 Å². The fourth-order valence-corrected chi connectivity index (χ4v) is 2.97. The zero-order valence-corrected chi connectivity index (χ0v) is 8.86. The van der Waals surface area contributed by atoms with Crippen LogP contribution in [0.3, 0.4) is 0 Å². The van der Waals surface area contributed by atoms with Crippen molar-refractivity contribution in [1.29, 1.82) is 0 Å². The van der Waals surface area contributed by atoms with Gasteiger partial charge in [-0.3, -0.25) is 0 Å². The van der Waals surface area contributed by atoms with Crippen LogP contribution in [0.5, 0.6) is 0 Å². The lowest BCUT2D eigenvalue weighted by atomic mass is 10.2. The predicted octanol–water partition coefficient (Wildman–Crippen LogP) is 0.805. The van der Waals surface area contributed by atoms with Crippen molar-refractivity contribution in [2.24, 2.45) is 0 Å². The van der Waals surface area contributed by atoms with Gasteiger partial charge in [-0.25, -0.2) is 12.7 Å². The van der Waals surface area contributed by atoms with Crippen molar-refractivity contribution in [3.8, 4) is 0 Å². The summed E-state index contributed by atoms with van der Waals surface area (Å²) in [4.78, 5) is 0.339. The first-order valence-corrected chi connectivity index (χ1v) is 6.36. The fraction of sp³-hybridized carbons (Fsp3) is 1.00. The van der Waals surface area contributed by atoms with Crippen LogP contribution in [0.25, 0.3) is 0 Å². The maximum atomic E-state index is 11.0. The van der Waals surface area contributed by atoms with E-state index in [4.69, 9.17) is 0 Å². The molecular weight excluding hydrogens is 230 g/mol. The molecule has 0 aliphatic carbocycles. The SMILES string of the molecule is CS(=O)(=O)N1CCCC(Br)C1. The van der Waals surface area contributed by atoms with Gasteiger partial charge in [0.25, 0.3) is 0 Å². The predicted molar refractivity (Wildman–Crippen MR) is 48.4 cm³/mol. The Bertz CT molecular complexity index is 227. The Hall–Kier alpha value is 0.390. The number of sulfonamides is 1. The lowest BCUT2D eigenvalue weighted by Gasteiger charge is -2.27. The van der Waals surface area contributed by atoms with Crippen LogP contribution in [0.4, 0.5) is 0 Å². The Morgan fingerprint density at radius 2 is 2.18 bits per heavy atom. The van der Waals surface area contributed by atoms with Crippen molar-refractivity contribution in [1.82, 2.24) is 4.31 Å². The first-order chi connectivity index (χ1) is 5.00. The number of alkyl halides is 1. The molecule has 3 nitrogen and oxygen atoms in total. The molecular formula is C6H12BrNO2S. The van der Waals surface area contributed by atoms with E-state index < -0.39 is 10.0 Å². The molecule has 0 radical (unpaired) electrons. The summed E-state index contributed by atoms with van der Waals surface area (Å²) in [5, 5.41) is 0. The first-order valence-electron chi connectivity index (χ1n) is 3.59. The standard InChI is InChI=1S/C6H12BrNO2S/c1-11(9,10)8-4-2-3-6(7)5-8/h6H,2-5H2,1H3. The molecule has 1 aliphatic heterocycles. The molecule has 1 aliphatic rings. The Kier molecular flexibility index (Phi) is 2.94. The van der Waals surface area contributed by atoms with Crippen LogP contribution < -0.4 is 0 Å². The highest BCUT2D eigenvalue weighted by Gasteiger charge is 2.23. The van der Waals surface area contributed by atoms with E-state index in [0.29, 0.717) is 17.9 Å². The van der Waals surface area contributed by atoms with Gasteiger partial charge in [-0.1, -0.05) is 15.9 Å². The molecule has 0 spiro atoms. The second-order valence-electron chi connectivity index (χ2n) is 2.86. The topological polar surface area (TPSA) is 37.4 Å². The van der Waals surface area contributed by atoms with E-state index in [-0.39, 0.29) is 0 Å². The van der Waals surface area contributed by atoms with E-state index in [2.05, 4.69) is 15.9 Å². The van der Waals surface area contributed by atoms with Crippen molar-refractivity contribution in [2.45, 2.75) is 17.7 Å². The Morgan fingerprint density at radius 1 is 1.55 bits per heavy atom. The lowest BCUT2D eigenvalue weighted by Crippen LogP contribution is -2.39. The number of hydrogen-bond acceptors (Lipinski definition) is 2. The number of piperidine rings is 1. The molecule has 0 aromatic heterocycles. The van der Waals surface area contributed by atoms with Gasteiger partial charge in [0.2, 0.25) is 10.0 Å². The van der Waals surface area contributed by atoms with Crippen LogP contribution in [0.2, 0.25) is 0 Å². The minimum Gasteiger partial charge on any atom is -0.213 e. The highest BCUT2D eigenvalue weighted by Crippen LogP contribution is 2.18. The average Bonchev–Trinajstić information content (AvgIpc) is 1.86. The highest BCUT2D eigenvalue weighted by molar-refractivity contribution is 9.09. The van der Waals surface area contributed by atoms with Gasteiger partial charge in [-0.2, -0.15) is 0 Å². The second-order valence-corrected chi connectivity index (χ2v) is 6.14. The van der Waals surface area contributed by atoms with Gasteiger partial charge < -0.3 is 0 Å². The zero-order valence-electron chi connectivity index (χ0n) is 6.46. The Balaban J connectivity index is 2.60. The molecule has 5 heteroatoms. The number of nitrogens with zero attached hydrogens (tertiary/aromatic N) is 1. The van der Waals surface area contributed by atoms with Crippen LogP contribution in [-0.4, -0.2) is 36.9 Å². The van der Waals surface area contributed by atoms with Crippen LogP contribution in [0.15, 0.2) is 0 Å². The van der Waals surface area contributed by atoms with Gasteiger partial charge in [-0.05, 0) is 12.8 Å². The smallest absolute Gasteiger partial charge is 0.211 e. The van der Waals surface area contributed by atoms with E-state index in [9.17, 15) is 8.42 Å². The Morgan fingerprint density at radius 3 is 2.55 bits per heavy atom. The summed E-state index contributed by atoms with van der Waals surface area (Å²) in [7, 11) is -2.96. The van der Waals surface area contributed by atoms with Gasteiger partial charge in [0.15, 0.2) is 0 Å². The molecule has 0 N–H and O–H groups in total. The largest absolute Gasteiger partial charge is 0.213 e. The molecule has 1 rings (SSSR count). The van der Waals surface area contributed by atoms with Gasteiger partial charge >= 0.3 is 0 Å². The maximum Gasteiger partial charge on any atom is 0.211 e. The van der Waals surface area contributed by atoms with Crippen molar-refractivity contribution in [3.63, 3.8) is 0 Å². The summed E-state index contributed by atoms with van der Waals surface area (Å²) in [5.74, 6) is 0. The summed E-state index contributed by atoms with van der Waals surface area (Å²) in [6.45, 7) is 1.31. The Labute approximate surface area is 75.9 Å². The van der Waals surface area contributed by atoms with Gasteiger partial charge in [-0.15, -0.1) is 0 Å². The summed E-state index contributed by atoms with van der Waals surface area (Å²) in [6.07, 6.45) is 3.30. The average molecular weight is 242 g/mol. The molecule has 1 atom stereocenters. The van der Waals surface area contributed by atoms with E-state index >= 15 is 0 Å². The van der Waals surface area contributed by atoms with E-state index in [0.717, 1.165) is 12.8 Å². The van der Waals surface area contributed by atoms with Crippen LogP contribution in [0.1, 0.15) is 12.8 Å². The fourth-order valence-electron chi connectivity index (χ4n) is 1.19. The van der Waals surface area contributed by atoms with Gasteiger partial charge in [0.05, 0.1) is 6.26 Å². The summed E-state index contributed by atoms with van der Waals surface area (Å²) in [6, 6.07) is 0. The number of hydrogen-bond donors (Lipinski definition) is 0. The third kappa shape index (κ3) is 2.72. The minimum absolute atomic E-state index is 0.339. The third-order valence-electron chi connectivity index (χ3n) is 1.80. The van der Waals surface area contributed by atoms with Crippen LogP contribution in [-0.2, 0) is 10.0 Å². The number of rotatable bonds is 1. The molecule has 1 fully saturated rings. The summed E-state index contributed by atoms with van der Waals surface area (Å²) >= 11 is 3.42. The lowest BCUT2D eigenvalue weighted by molar-refractivity contribution is 0.358. The summed E-state index contributed by atoms with van der Waals surface area (Å²) in [5.41, 5.74) is 0. The second kappa shape index (κ2) is 3.41. The van der Waals surface area contributed by atoms with Crippen LogP contribution in [0, 0.1) is 0 Å². The maximum absolute atomic E-state index is 11.0. The molecule has 0 aromatic rings. The van der Waals surface area contributed by atoms with Crippen molar-refractivity contribution >= 4 is 26.0 Å². The first kappa shape index (κ1) is 9.48. The molecule has 0 saturated carbocycles. The van der Waals surface area contributed by atoms with E-state index in [1.807, 2.05) is 0 Å². The quantitative estimate of drug-likeness (QED) is 0.638. The molecule has 11 heavy (non-hydrogen) atoms.